The van der Waals surface area contributed by atoms with Gasteiger partial charge in [0, 0.05) is 31.9 Å². The molecule has 0 saturated heterocycles. The number of carbonyl (C=O) groups excluding carboxylic acids is 1. The Labute approximate surface area is 143 Å². The van der Waals surface area contributed by atoms with E-state index in [1.165, 1.54) is 17.3 Å². The Morgan fingerprint density at radius 2 is 2.04 bits per heavy atom. The summed E-state index contributed by atoms with van der Waals surface area (Å²) in [4.78, 5) is 23.0. The van der Waals surface area contributed by atoms with Gasteiger partial charge in [-0.05, 0) is 30.9 Å². The highest BCUT2D eigenvalue weighted by atomic mass is 16.1. The number of hydrogen-bond acceptors (Lipinski definition) is 4. The molecule has 1 aliphatic heterocycles. The molecule has 24 heavy (non-hydrogen) atoms. The van der Waals surface area contributed by atoms with Crippen LogP contribution in [0.2, 0.25) is 0 Å². The first-order valence-corrected chi connectivity index (χ1v) is 8.55. The lowest BCUT2D eigenvalue weighted by Crippen LogP contribution is -2.45. The van der Waals surface area contributed by atoms with Gasteiger partial charge in [-0.2, -0.15) is 0 Å². The molecule has 1 unspecified atom stereocenters. The number of carbonyl (C=O) groups is 1. The summed E-state index contributed by atoms with van der Waals surface area (Å²) in [6.07, 6.45) is 5.22. The minimum absolute atomic E-state index is 0.154. The van der Waals surface area contributed by atoms with Crippen molar-refractivity contribution in [3.05, 3.63) is 59.2 Å². The molecule has 126 valence electrons. The molecule has 1 atom stereocenters. The molecule has 2 heterocycles. The molecular formula is C19H24N4O. The monoisotopic (exact) mass is 324 g/mol. The van der Waals surface area contributed by atoms with Crippen molar-refractivity contribution in [1.29, 1.82) is 0 Å². The average molecular weight is 324 g/mol. The van der Waals surface area contributed by atoms with E-state index in [2.05, 4.69) is 51.4 Å². The van der Waals surface area contributed by atoms with Crippen LogP contribution in [-0.4, -0.2) is 39.9 Å². The van der Waals surface area contributed by atoms with Crippen LogP contribution in [-0.2, 0) is 13.0 Å². The SMILES string of the molecule is CCC(CNC(=O)c1cnc(C)cn1)N1CCc2ccccc2C1. The summed E-state index contributed by atoms with van der Waals surface area (Å²) >= 11 is 0. The van der Waals surface area contributed by atoms with Crippen molar-refractivity contribution in [2.45, 2.75) is 39.3 Å². The van der Waals surface area contributed by atoms with Gasteiger partial charge >= 0.3 is 0 Å². The van der Waals surface area contributed by atoms with E-state index in [0.29, 0.717) is 18.3 Å². The Hall–Kier alpha value is -2.27. The molecule has 3 rings (SSSR count). The number of aromatic nitrogens is 2. The third-order valence-corrected chi connectivity index (χ3v) is 4.66. The van der Waals surface area contributed by atoms with Crippen molar-refractivity contribution >= 4 is 5.91 Å². The van der Waals surface area contributed by atoms with Crippen LogP contribution >= 0.6 is 0 Å². The van der Waals surface area contributed by atoms with Crippen LogP contribution in [0.3, 0.4) is 0 Å². The molecule has 5 nitrogen and oxygen atoms in total. The Balaban J connectivity index is 1.59. The topological polar surface area (TPSA) is 58.1 Å². The molecule has 1 aromatic carbocycles. The van der Waals surface area contributed by atoms with E-state index in [0.717, 1.165) is 31.6 Å². The molecule has 2 aromatic rings. The van der Waals surface area contributed by atoms with E-state index in [1.807, 2.05) is 6.92 Å². The summed E-state index contributed by atoms with van der Waals surface area (Å²) in [5.74, 6) is -0.154. The van der Waals surface area contributed by atoms with Crippen LogP contribution in [0.4, 0.5) is 0 Å². The van der Waals surface area contributed by atoms with Gasteiger partial charge in [0.25, 0.3) is 5.91 Å². The zero-order valence-electron chi connectivity index (χ0n) is 14.3. The van der Waals surface area contributed by atoms with E-state index in [9.17, 15) is 4.79 Å². The molecule has 1 aromatic heterocycles. The van der Waals surface area contributed by atoms with Crippen LogP contribution in [0.5, 0.6) is 0 Å². The molecular weight excluding hydrogens is 300 g/mol. The second-order valence-corrected chi connectivity index (χ2v) is 6.30. The lowest BCUT2D eigenvalue weighted by atomic mass is 9.98. The second kappa shape index (κ2) is 7.53. The van der Waals surface area contributed by atoms with Crippen molar-refractivity contribution < 1.29 is 4.79 Å². The van der Waals surface area contributed by atoms with Gasteiger partial charge in [0.1, 0.15) is 5.69 Å². The van der Waals surface area contributed by atoms with E-state index in [4.69, 9.17) is 0 Å². The molecule has 0 aliphatic carbocycles. The second-order valence-electron chi connectivity index (χ2n) is 6.30. The molecule has 0 saturated carbocycles. The Kier molecular flexibility index (Phi) is 5.20. The number of rotatable bonds is 5. The summed E-state index contributed by atoms with van der Waals surface area (Å²) in [6.45, 7) is 6.65. The van der Waals surface area contributed by atoms with Gasteiger partial charge in [-0.1, -0.05) is 31.2 Å². The van der Waals surface area contributed by atoms with Gasteiger partial charge in [0.2, 0.25) is 0 Å². The third kappa shape index (κ3) is 3.79. The van der Waals surface area contributed by atoms with Crippen LogP contribution in [0.25, 0.3) is 0 Å². The van der Waals surface area contributed by atoms with E-state index in [-0.39, 0.29) is 5.91 Å². The molecule has 0 fully saturated rings. The van der Waals surface area contributed by atoms with Gasteiger partial charge in [-0.25, -0.2) is 4.98 Å². The van der Waals surface area contributed by atoms with E-state index < -0.39 is 0 Å². The number of fused-ring (bicyclic) bond motifs is 1. The number of nitrogens with one attached hydrogen (secondary N) is 1. The molecule has 1 aliphatic rings. The maximum absolute atomic E-state index is 12.2. The zero-order chi connectivity index (χ0) is 16.9. The molecule has 5 heteroatoms. The fourth-order valence-corrected chi connectivity index (χ4v) is 3.17. The highest BCUT2D eigenvalue weighted by Crippen LogP contribution is 2.21. The summed E-state index contributed by atoms with van der Waals surface area (Å²) in [7, 11) is 0. The first-order valence-electron chi connectivity index (χ1n) is 8.55. The maximum atomic E-state index is 12.2. The van der Waals surface area contributed by atoms with Gasteiger partial charge in [0.05, 0.1) is 11.9 Å². The fourth-order valence-electron chi connectivity index (χ4n) is 3.17. The van der Waals surface area contributed by atoms with Crippen LogP contribution in [0, 0.1) is 6.92 Å². The predicted molar refractivity (Wildman–Crippen MR) is 93.7 cm³/mol. The van der Waals surface area contributed by atoms with Gasteiger partial charge in [-0.3, -0.25) is 14.7 Å². The van der Waals surface area contributed by atoms with Crippen molar-refractivity contribution in [3.63, 3.8) is 0 Å². The van der Waals surface area contributed by atoms with Crippen molar-refractivity contribution in [2.24, 2.45) is 0 Å². The Morgan fingerprint density at radius 1 is 1.25 bits per heavy atom. The van der Waals surface area contributed by atoms with Crippen molar-refractivity contribution in [3.8, 4) is 0 Å². The predicted octanol–water partition coefficient (Wildman–Crippen LogP) is 2.35. The molecule has 0 spiro atoms. The summed E-state index contributed by atoms with van der Waals surface area (Å²) in [5.41, 5.74) is 4.03. The van der Waals surface area contributed by atoms with Crippen LogP contribution < -0.4 is 5.32 Å². The Morgan fingerprint density at radius 3 is 2.75 bits per heavy atom. The van der Waals surface area contributed by atoms with Gasteiger partial charge in [-0.15, -0.1) is 0 Å². The summed E-state index contributed by atoms with van der Waals surface area (Å²) in [6, 6.07) is 8.95. The standard InChI is InChI=1S/C19H24N4O/c1-3-17(11-22-19(24)18-12-20-14(2)10-21-18)23-9-8-15-6-4-5-7-16(15)13-23/h4-7,10,12,17H,3,8-9,11,13H2,1-2H3,(H,22,24). The first-order chi connectivity index (χ1) is 11.7. The Bertz CT molecular complexity index is 699. The minimum Gasteiger partial charge on any atom is -0.349 e. The van der Waals surface area contributed by atoms with Gasteiger partial charge in [0.15, 0.2) is 0 Å². The third-order valence-electron chi connectivity index (χ3n) is 4.66. The highest BCUT2D eigenvalue weighted by molar-refractivity contribution is 5.91. The fraction of sp³-hybridized carbons (Fsp3) is 0.421. The largest absolute Gasteiger partial charge is 0.349 e. The van der Waals surface area contributed by atoms with Crippen LogP contribution in [0.15, 0.2) is 36.7 Å². The minimum atomic E-state index is -0.154. The lowest BCUT2D eigenvalue weighted by Gasteiger charge is -2.35. The van der Waals surface area contributed by atoms with E-state index >= 15 is 0 Å². The van der Waals surface area contributed by atoms with Crippen molar-refractivity contribution in [2.75, 3.05) is 13.1 Å². The number of nitrogens with zero attached hydrogens (tertiary/aromatic N) is 3. The van der Waals surface area contributed by atoms with Gasteiger partial charge < -0.3 is 5.32 Å². The average Bonchev–Trinajstić information content (AvgIpc) is 2.62. The molecule has 0 radical (unpaired) electrons. The number of aryl methyl sites for hydroxylation is 1. The highest BCUT2D eigenvalue weighted by Gasteiger charge is 2.22. The number of hydrogen-bond donors (Lipinski definition) is 1. The first kappa shape index (κ1) is 16.6. The normalized spacial score (nSPS) is 15.6. The molecule has 1 N–H and O–H groups in total. The zero-order valence-corrected chi connectivity index (χ0v) is 14.3. The quantitative estimate of drug-likeness (QED) is 0.917. The number of amides is 1. The summed E-state index contributed by atoms with van der Waals surface area (Å²) < 4.78 is 0. The van der Waals surface area contributed by atoms with E-state index in [1.54, 1.807) is 6.20 Å². The number of benzene rings is 1. The summed E-state index contributed by atoms with van der Waals surface area (Å²) in [5, 5.41) is 3.01. The van der Waals surface area contributed by atoms with Crippen molar-refractivity contribution in [1.82, 2.24) is 20.2 Å². The van der Waals surface area contributed by atoms with Crippen LogP contribution in [0.1, 0.15) is 40.7 Å². The lowest BCUT2D eigenvalue weighted by molar-refractivity contribution is 0.0921. The molecule has 1 amide bonds. The smallest absolute Gasteiger partial charge is 0.271 e. The molecule has 0 bridgehead atoms. The maximum Gasteiger partial charge on any atom is 0.271 e.